The average molecular weight is 494 g/mol. The highest BCUT2D eigenvalue weighted by Gasteiger charge is 2.33. The smallest absolute Gasteiger partial charge is 0.252 e. The minimum atomic E-state index is -3.44. The standard InChI is InChI=1S/C16H18Br2N2O2S2/c1-11-3-5-13(6-4-11)20-8-7-19(10-12(20)2)24(21,22)15-9-14(17)16(18)23-15/h3-6,9,12H,7-8,10H2,1-2H3. The fraction of sp³-hybridized carbons (Fsp3) is 0.375. The second kappa shape index (κ2) is 7.07. The summed E-state index contributed by atoms with van der Waals surface area (Å²) in [7, 11) is -3.44. The highest BCUT2D eigenvalue weighted by molar-refractivity contribution is 9.13. The Hall–Kier alpha value is -0.410. The van der Waals surface area contributed by atoms with E-state index in [0.29, 0.717) is 23.8 Å². The molecular weight excluding hydrogens is 476 g/mol. The summed E-state index contributed by atoms with van der Waals surface area (Å²) in [6, 6.07) is 10.2. The minimum absolute atomic E-state index is 0.128. The molecule has 4 nitrogen and oxygen atoms in total. The predicted octanol–water partition coefficient (Wildman–Crippen LogP) is 4.48. The summed E-state index contributed by atoms with van der Waals surface area (Å²) >= 11 is 7.97. The van der Waals surface area contributed by atoms with Crippen molar-refractivity contribution in [2.75, 3.05) is 24.5 Å². The number of hydrogen-bond donors (Lipinski definition) is 0. The van der Waals surface area contributed by atoms with Crippen LogP contribution in [-0.4, -0.2) is 38.4 Å². The second-order valence-corrected chi connectivity index (χ2v) is 11.3. The van der Waals surface area contributed by atoms with Crippen LogP contribution in [-0.2, 0) is 10.0 Å². The van der Waals surface area contributed by atoms with Gasteiger partial charge in [0.15, 0.2) is 0 Å². The van der Waals surface area contributed by atoms with Crippen molar-refractivity contribution >= 4 is 58.9 Å². The van der Waals surface area contributed by atoms with Crippen molar-refractivity contribution in [1.82, 2.24) is 4.31 Å². The van der Waals surface area contributed by atoms with E-state index in [1.807, 2.05) is 0 Å². The van der Waals surface area contributed by atoms with Crippen molar-refractivity contribution in [3.8, 4) is 0 Å². The number of nitrogens with zero attached hydrogens (tertiary/aromatic N) is 2. The molecule has 0 aliphatic carbocycles. The van der Waals surface area contributed by atoms with Crippen LogP contribution in [0.2, 0.25) is 0 Å². The molecule has 1 aromatic heterocycles. The largest absolute Gasteiger partial charge is 0.366 e. The van der Waals surface area contributed by atoms with E-state index in [1.54, 1.807) is 10.4 Å². The summed E-state index contributed by atoms with van der Waals surface area (Å²) in [5, 5.41) is 0. The van der Waals surface area contributed by atoms with Gasteiger partial charge in [-0.1, -0.05) is 17.7 Å². The fourth-order valence-corrected chi connectivity index (χ4v) is 7.33. The fourth-order valence-electron chi connectivity index (χ4n) is 2.84. The van der Waals surface area contributed by atoms with Crippen molar-refractivity contribution < 1.29 is 8.42 Å². The van der Waals surface area contributed by atoms with E-state index in [4.69, 9.17) is 0 Å². The number of sulfonamides is 1. The van der Waals surface area contributed by atoms with Gasteiger partial charge in [0.25, 0.3) is 10.0 Å². The molecule has 0 N–H and O–H groups in total. The maximum Gasteiger partial charge on any atom is 0.252 e. The van der Waals surface area contributed by atoms with Gasteiger partial charge in [0, 0.05) is 35.8 Å². The van der Waals surface area contributed by atoms with Crippen LogP contribution < -0.4 is 4.90 Å². The highest BCUT2D eigenvalue weighted by atomic mass is 79.9. The zero-order valence-corrected chi connectivity index (χ0v) is 18.2. The second-order valence-electron chi connectivity index (χ2n) is 5.93. The molecule has 130 valence electrons. The number of benzene rings is 1. The van der Waals surface area contributed by atoms with Gasteiger partial charge in [-0.15, -0.1) is 11.3 Å². The van der Waals surface area contributed by atoms with Crippen molar-refractivity contribution in [3.63, 3.8) is 0 Å². The molecule has 1 atom stereocenters. The SMILES string of the molecule is Cc1ccc(N2CCN(S(=O)(=O)c3cc(Br)c(Br)s3)CC2C)cc1. The van der Waals surface area contributed by atoms with Crippen molar-refractivity contribution in [2.45, 2.75) is 24.1 Å². The Morgan fingerprint density at radius 3 is 2.38 bits per heavy atom. The van der Waals surface area contributed by atoms with Crippen LogP contribution in [0, 0.1) is 6.92 Å². The summed E-state index contributed by atoms with van der Waals surface area (Å²) in [5.74, 6) is 0. The summed E-state index contributed by atoms with van der Waals surface area (Å²) in [5.41, 5.74) is 2.37. The highest BCUT2D eigenvalue weighted by Crippen LogP contribution is 2.36. The van der Waals surface area contributed by atoms with Crippen molar-refractivity contribution in [2.24, 2.45) is 0 Å². The molecule has 1 fully saturated rings. The molecule has 24 heavy (non-hydrogen) atoms. The first-order chi connectivity index (χ1) is 11.3. The molecule has 1 aromatic carbocycles. The lowest BCUT2D eigenvalue weighted by Gasteiger charge is -2.40. The van der Waals surface area contributed by atoms with Gasteiger partial charge in [-0.05, 0) is 63.9 Å². The molecule has 8 heteroatoms. The Balaban J connectivity index is 1.78. The molecule has 3 rings (SSSR count). The molecule has 0 amide bonds. The molecule has 1 aliphatic heterocycles. The third-order valence-electron chi connectivity index (χ3n) is 4.17. The van der Waals surface area contributed by atoms with Gasteiger partial charge < -0.3 is 4.90 Å². The number of rotatable bonds is 3. The third kappa shape index (κ3) is 3.58. The predicted molar refractivity (Wildman–Crippen MR) is 106 cm³/mol. The maximum atomic E-state index is 12.9. The van der Waals surface area contributed by atoms with Crippen LogP contribution in [0.1, 0.15) is 12.5 Å². The first kappa shape index (κ1) is 18.4. The minimum Gasteiger partial charge on any atom is -0.366 e. The van der Waals surface area contributed by atoms with Crippen molar-refractivity contribution in [1.29, 1.82) is 0 Å². The van der Waals surface area contributed by atoms with E-state index >= 15 is 0 Å². The molecule has 1 saturated heterocycles. The summed E-state index contributed by atoms with van der Waals surface area (Å²) in [6.45, 7) is 5.81. The quantitative estimate of drug-likeness (QED) is 0.632. The number of piperazine rings is 1. The van der Waals surface area contributed by atoms with E-state index < -0.39 is 10.0 Å². The van der Waals surface area contributed by atoms with Gasteiger partial charge in [0.2, 0.25) is 0 Å². The first-order valence-electron chi connectivity index (χ1n) is 7.57. The van der Waals surface area contributed by atoms with Gasteiger partial charge in [-0.3, -0.25) is 0 Å². The number of anilines is 1. The van der Waals surface area contributed by atoms with Crippen molar-refractivity contribution in [3.05, 3.63) is 44.2 Å². The summed E-state index contributed by atoms with van der Waals surface area (Å²) in [4.78, 5) is 2.27. The molecule has 2 aromatic rings. The molecule has 0 bridgehead atoms. The Morgan fingerprint density at radius 1 is 1.17 bits per heavy atom. The molecule has 0 spiro atoms. The van der Waals surface area contributed by atoms with Crippen LogP contribution in [0.5, 0.6) is 0 Å². The van der Waals surface area contributed by atoms with Gasteiger partial charge in [0.05, 0.1) is 3.79 Å². The van der Waals surface area contributed by atoms with Gasteiger partial charge in [-0.2, -0.15) is 4.31 Å². The third-order valence-corrected chi connectivity index (χ3v) is 9.74. The topological polar surface area (TPSA) is 40.6 Å². The van der Waals surface area contributed by atoms with Crippen LogP contribution in [0.3, 0.4) is 0 Å². The van der Waals surface area contributed by atoms with E-state index in [-0.39, 0.29) is 6.04 Å². The van der Waals surface area contributed by atoms with E-state index in [2.05, 4.69) is 74.9 Å². The first-order valence-corrected chi connectivity index (χ1v) is 11.4. The van der Waals surface area contributed by atoms with E-state index in [1.165, 1.54) is 16.9 Å². The molecule has 1 unspecified atom stereocenters. The lowest BCUT2D eigenvalue weighted by Crippen LogP contribution is -2.53. The zero-order chi connectivity index (χ0) is 17.5. The van der Waals surface area contributed by atoms with Crippen LogP contribution in [0.4, 0.5) is 5.69 Å². The van der Waals surface area contributed by atoms with E-state index in [0.717, 1.165) is 13.9 Å². The van der Waals surface area contributed by atoms with Gasteiger partial charge >= 0.3 is 0 Å². The summed E-state index contributed by atoms with van der Waals surface area (Å²) in [6.07, 6.45) is 0. The monoisotopic (exact) mass is 492 g/mol. The van der Waals surface area contributed by atoms with Gasteiger partial charge in [0.1, 0.15) is 4.21 Å². The Labute approximate surface area is 163 Å². The Morgan fingerprint density at radius 2 is 1.83 bits per heavy atom. The number of hydrogen-bond acceptors (Lipinski definition) is 4. The number of halogens is 2. The van der Waals surface area contributed by atoms with Crippen LogP contribution >= 0.6 is 43.2 Å². The zero-order valence-electron chi connectivity index (χ0n) is 13.4. The normalized spacial score (nSPS) is 19.7. The molecule has 2 heterocycles. The lowest BCUT2D eigenvalue weighted by molar-refractivity contribution is 0.343. The summed E-state index contributed by atoms with van der Waals surface area (Å²) < 4.78 is 29.3. The number of aryl methyl sites for hydroxylation is 1. The molecular formula is C16H18Br2N2O2S2. The van der Waals surface area contributed by atoms with Crippen LogP contribution in [0.25, 0.3) is 0 Å². The average Bonchev–Trinajstić information content (AvgIpc) is 2.88. The lowest BCUT2D eigenvalue weighted by atomic mass is 10.1. The molecule has 0 radical (unpaired) electrons. The van der Waals surface area contributed by atoms with Gasteiger partial charge in [-0.25, -0.2) is 8.42 Å². The van der Waals surface area contributed by atoms with E-state index in [9.17, 15) is 8.42 Å². The van der Waals surface area contributed by atoms with Crippen LogP contribution in [0.15, 0.2) is 42.8 Å². The Kier molecular flexibility index (Phi) is 5.42. The molecule has 0 saturated carbocycles. The maximum absolute atomic E-state index is 12.9. The molecule has 1 aliphatic rings. The number of thiophene rings is 1. The Bertz CT molecular complexity index is 815.